The predicted molar refractivity (Wildman–Crippen MR) is 92.9 cm³/mol. The molecule has 2 N–H and O–H groups in total. The highest BCUT2D eigenvalue weighted by Gasteiger charge is 2.06. The molecule has 0 aliphatic rings. The second-order valence-corrected chi connectivity index (χ2v) is 5.38. The first-order valence-electron chi connectivity index (χ1n) is 8.13. The third-order valence-corrected chi connectivity index (χ3v) is 3.38. The Morgan fingerprint density at radius 2 is 1.72 bits per heavy atom. The number of nitrogens with one attached hydrogen (secondary N) is 2. The molecule has 0 radical (unpaired) electrons. The summed E-state index contributed by atoms with van der Waals surface area (Å²) in [4.78, 5) is 23.5. The van der Waals surface area contributed by atoms with Gasteiger partial charge < -0.3 is 15.4 Å². The van der Waals surface area contributed by atoms with Crippen LogP contribution in [0.4, 0.5) is 4.39 Å². The van der Waals surface area contributed by atoms with Gasteiger partial charge in [-0.1, -0.05) is 24.3 Å². The average molecular weight is 344 g/mol. The number of halogens is 1. The zero-order valence-electron chi connectivity index (χ0n) is 13.8. The second-order valence-electron chi connectivity index (χ2n) is 5.38. The van der Waals surface area contributed by atoms with E-state index in [-0.39, 0.29) is 23.9 Å². The highest BCUT2D eigenvalue weighted by molar-refractivity contribution is 5.94. The van der Waals surface area contributed by atoms with Crippen LogP contribution in [0.1, 0.15) is 23.2 Å². The summed E-state index contributed by atoms with van der Waals surface area (Å²) in [6.45, 7) is 1.06. The molecular weight excluding hydrogens is 323 g/mol. The molecule has 0 saturated carbocycles. The molecule has 132 valence electrons. The Balaban J connectivity index is 1.54. The number of hydrogen-bond donors (Lipinski definition) is 2. The van der Waals surface area contributed by atoms with E-state index in [1.54, 1.807) is 0 Å². The number of para-hydroxylation sites is 1. The molecular formula is C19H21FN2O3. The van der Waals surface area contributed by atoms with Crippen LogP contribution >= 0.6 is 0 Å². The van der Waals surface area contributed by atoms with Crippen molar-refractivity contribution in [3.05, 3.63) is 66.0 Å². The molecule has 0 saturated heterocycles. The van der Waals surface area contributed by atoms with Crippen molar-refractivity contribution in [3.8, 4) is 5.75 Å². The van der Waals surface area contributed by atoms with Crippen LogP contribution in [0.5, 0.6) is 5.75 Å². The monoisotopic (exact) mass is 344 g/mol. The SMILES string of the molecule is O=C(CCCOc1ccccc1)NCCNC(=O)c1cccc(F)c1. The first kappa shape index (κ1) is 18.4. The maximum atomic E-state index is 13.0. The molecule has 2 aromatic carbocycles. The lowest BCUT2D eigenvalue weighted by Gasteiger charge is -2.08. The molecule has 0 fully saturated rings. The summed E-state index contributed by atoms with van der Waals surface area (Å²) in [5.41, 5.74) is 0.254. The summed E-state index contributed by atoms with van der Waals surface area (Å²) in [6, 6.07) is 14.9. The van der Waals surface area contributed by atoms with Gasteiger partial charge in [-0.3, -0.25) is 9.59 Å². The summed E-state index contributed by atoms with van der Waals surface area (Å²) in [5, 5.41) is 5.34. The third-order valence-electron chi connectivity index (χ3n) is 3.38. The number of carbonyl (C=O) groups excluding carboxylic acids is 2. The normalized spacial score (nSPS) is 10.1. The largest absolute Gasteiger partial charge is 0.494 e. The van der Waals surface area contributed by atoms with Gasteiger partial charge in [0.2, 0.25) is 5.91 Å². The quantitative estimate of drug-likeness (QED) is 0.687. The van der Waals surface area contributed by atoms with Crippen molar-refractivity contribution in [2.45, 2.75) is 12.8 Å². The van der Waals surface area contributed by atoms with E-state index in [2.05, 4.69) is 10.6 Å². The topological polar surface area (TPSA) is 67.4 Å². The molecule has 5 nitrogen and oxygen atoms in total. The molecule has 0 atom stereocenters. The predicted octanol–water partition coefficient (Wildman–Crippen LogP) is 2.53. The van der Waals surface area contributed by atoms with E-state index in [9.17, 15) is 14.0 Å². The van der Waals surface area contributed by atoms with Gasteiger partial charge >= 0.3 is 0 Å². The molecule has 0 aliphatic heterocycles. The summed E-state index contributed by atoms with van der Waals surface area (Å²) in [6.07, 6.45) is 0.959. The minimum absolute atomic E-state index is 0.100. The van der Waals surface area contributed by atoms with Gasteiger partial charge in [0.05, 0.1) is 6.61 Å². The maximum absolute atomic E-state index is 13.0. The standard InChI is InChI=1S/C19H21FN2O3/c20-16-7-4-6-15(14-16)19(24)22-12-11-21-18(23)10-5-13-25-17-8-2-1-3-9-17/h1-4,6-9,14H,5,10-13H2,(H,21,23)(H,22,24). The van der Waals surface area contributed by atoms with Crippen molar-refractivity contribution in [1.82, 2.24) is 10.6 Å². The third kappa shape index (κ3) is 7.03. The number of ether oxygens (including phenoxy) is 1. The first-order valence-corrected chi connectivity index (χ1v) is 8.13. The number of carbonyl (C=O) groups is 2. The Kier molecular flexibility index (Phi) is 7.43. The van der Waals surface area contributed by atoms with E-state index in [0.717, 1.165) is 5.75 Å². The summed E-state index contributed by atoms with van der Waals surface area (Å²) < 4.78 is 18.5. The molecule has 0 heterocycles. The van der Waals surface area contributed by atoms with Crippen molar-refractivity contribution in [3.63, 3.8) is 0 Å². The summed E-state index contributed by atoms with van der Waals surface area (Å²) in [5.74, 6) is -0.150. The molecule has 2 rings (SSSR count). The lowest BCUT2D eigenvalue weighted by Crippen LogP contribution is -2.34. The fourth-order valence-corrected chi connectivity index (χ4v) is 2.14. The van der Waals surface area contributed by atoms with Crippen LogP contribution in [-0.2, 0) is 4.79 Å². The van der Waals surface area contributed by atoms with Gasteiger partial charge in [0.1, 0.15) is 11.6 Å². The van der Waals surface area contributed by atoms with Crippen LogP contribution in [0.15, 0.2) is 54.6 Å². The second kappa shape index (κ2) is 10.1. The molecule has 0 unspecified atom stereocenters. The van der Waals surface area contributed by atoms with Gasteiger partial charge in [-0.25, -0.2) is 4.39 Å². The molecule has 25 heavy (non-hydrogen) atoms. The van der Waals surface area contributed by atoms with Gasteiger partial charge in [0.25, 0.3) is 5.91 Å². The van der Waals surface area contributed by atoms with Crippen LogP contribution in [0.3, 0.4) is 0 Å². The Labute approximate surface area is 146 Å². The Morgan fingerprint density at radius 1 is 0.960 bits per heavy atom. The van der Waals surface area contributed by atoms with Crippen LogP contribution in [0, 0.1) is 5.82 Å². The molecule has 0 spiro atoms. The van der Waals surface area contributed by atoms with Crippen molar-refractivity contribution in [2.75, 3.05) is 19.7 Å². The van der Waals surface area contributed by atoms with Crippen LogP contribution < -0.4 is 15.4 Å². The smallest absolute Gasteiger partial charge is 0.251 e. The van der Waals surface area contributed by atoms with Gasteiger partial charge in [-0.2, -0.15) is 0 Å². The lowest BCUT2D eigenvalue weighted by atomic mass is 10.2. The van der Waals surface area contributed by atoms with E-state index in [0.29, 0.717) is 26.0 Å². The highest BCUT2D eigenvalue weighted by atomic mass is 19.1. The Bertz CT molecular complexity index is 692. The fourth-order valence-electron chi connectivity index (χ4n) is 2.14. The molecule has 0 aliphatic carbocycles. The van der Waals surface area contributed by atoms with E-state index in [1.807, 2.05) is 30.3 Å². The van der Waals surface area contributed by atoms with Crippen molar-refractivity contribution in [2.24, 2.45) is 0 Å². The number of amides is 2. The average Bonchev–Trinajstić information content (AvgIpc) is 2.63. The van der Waals surface area contributed by atoms with Crippen LogP contribution in [0.2, 0.25) is 0 Å². The van der Waals surface area contributed by atoms with E-state index in [4.69, 9.17) is 4.74 Å². The summed E-state index contributed by atoms with van der Waals surface area (Å²) in [7, 11) is 0. The van der Waals surface area contributed by atoms with E-state index < -0.39 is 5.82 Å². The molecule has 0 bridgehead atoms. The van der Waals surface area contributed by atoms with Crippen molar-refractivity contribution < 1.29 is 18.7 Å². The highest BCUT2D eigenvalue weighted by Crippen LogP contribution is 2.08. The fraction of sp³-hybridized carbons (Fsp3) is 0.263. The zero-order valence-corrected chi connectivity index (χ0v) is 13.8. The lowest BCUT2D eigenvalue weighted by molar-refractivity contribution is -0.121. The van der Waals surface area contributed by atoms with Crippen LogP contribution in [0.25, 0.3) is 0 Å². The maximum Gasteiger partial charge on any atom is 0.251 e. The molecule has 6 heteroatoms. The van der Waals surface area contributed by atoms with E-state index in [1.165, 1.54) is 24.3 Å². The summed E-state index contributed by atoms with van der Waals surface area (Å²) >= 11 is 0. The van der Waals surface area contributed by atoms with E-state index >= 15 is 0 Å². The van der Waals surface area contributed by atoms with Crippen molar-refractivity contribution in [1.29, 1.82) is 0 Å². The number of hydrogen-bond acceptors (Lipinski definition) is 3. The molecule has 0 aromatic heterocycles. The van der Waals surface area contributed by atoms with Crippen LogP contribution in [-0.4, -0.2) is 31.5 Å². The first-order chi connectivity index (χ1) is 12.1. The molecule has 2 amide bonds. The Morgan fingerprint density at radius 3 is 2.48 bits per heavy atom. The number of benzene rings is 2. The van der Waals surface area contributed by atoms with Gasteiger partial charge in [0, 0.05) is 25.1 Å². The Hall–Kier alpha value is -2.89. The molecule has 2 aromatic rings. The van der Waals surface area contributed by atoms with Gasteiger partial charge in [-0.15, -0.1) is 0 Å². The van der Waals surface area contributed by atoms with Gasteiger partial charge in [-0.05, 0) is 36.8 Å². The minimum Gasteiger partial charge on any atom is -0.494 e. The zero-order chi connectivity index (χ0) is 17.9. The number of rotatable bonds is 9. The van der Waals surface area contributed by atoms with Crippen molar-refractivity contribution >= 4 is 11.8 Å². The minimum atomic E-state index is -0.460. The van der Waals surface area contributed by atoms with Gasteiger partial charge in [0.15, 0.2) is 0 Å².